The Kier molecular flexibility index (Phi) is 7.26. The monoisotopic (exact) mass is 544 g/mol. The molecule has 2 unspecified atom stereocenters. The molecule has 0 radical (unpaired) electrons. The molecular weight excluding hydrogens is 514 g/mol. The summed E-state index contributed by atoms with van der Waals surface area (Å²) in [5.41, 5.74) is -0.138. The third kappa shape index (κ3) is 5.58. The Bertz CT molecular complexity index is 1160. The zero-order valence-corrected chi connectivity index (χ0v) is 20.7. The molecule has 5 nitrogen and oxygen atoms in total. The lowest BCUT2D eigenvalue weighted by Crippen LogP contribution is -2.45. The number of nitrogens with zero attached hydrogens (tertiary/aromatic N) is 2. The molecule has 2 aliphatic heterocycles. The Labute approximate surface area is 216 Å². The maximum Gasteiger partial charge on any atom is 0.420 e. The number of aromatic nitrogens is 1. The van der Waals surface area contributed by atoms with E-state index in [1.807, 2.05) is 0 Å². The maximum absolute atomic E-state index is 14.1. The first-order valence-electron chi connectivity index (χ1n) is 13.1. The van der Waals surface area contributed by atoms with Crippen LogP contribution in [0.1, 0.15) is 62.6 Å². The third-order valence-corrected chi connectivity index (χ3v) is 8.46. The van der Waals surface area contributed by atoms with Crippen LogP contribution in [-0.4, -0.2) is 51.9 Å². The summed E-state index contributed by atoms with van der Waals surface area (Å²) in [5.74, 6) is -2.90. The van der Waals surface area contributed by atoms with Gasteiger partial charge in [0.25, 0.3) is 0 Å². The molecule has 3 heterocycles. The highest BCUT2D eigenvalue weighted by Gasteiger charge is 2.44. The largest absolute Gasteiger partial charge is 0.490 e. The second-order valence-corrected chi connectivity index (χ2v) is 10.8. The number of benzene rings is 1. The number of halogens is 6. The van der Waals surface area contributed by atoms with Crippen molar-refractivity contribution in [1.29, 1.82) is 0 Å². The minimum absolute atomic E-state index is 0.0440. The molecule has 11 heteroatoms. The van der Waals surface area contributed by atoms with Gasteiger partial charge in [-0.1, -0.05) is 6.07 Å². The average molecular weight is 545 g/mol. The zero-order valence-electron chi connectivity index (χ0n) is 20.7. The van der Waals surface area contributed by atoms with Crippen molar-refractivity contribution in [3.8, 4) is 5.75 Å². The predicted molar refractivity (Wildman–Crippen MR) is 127 cm³/mol. The van der Waals surface area contributed by atoms with Crippen LogP contribution in [0.25, 0.3) is 10.9 Å². The van der Waals surface area contributed by atoms with Crippen LogP contribution in [0.5, 0.6) is 5.75 Å². The van der Waals surface area contributed by atoms with Gasteiger partial charge in [-0.25, -0.2) is 0 Å². The molecule has 5 rings (SSSR count). The third-order valence-electron chi connectivity index (χ3n) is 8.46. The Balaban J connectivity index is 1.30. The summed E-state index contributed by atoms with van der Waals surface area (Å²) >= 11 is 0. The van der Waals surface area contributed by atoms with Gasteiger partial charge in [0, 0.05) is 36.1 Å². The number of pyridine rings is 1. The lowest BCUT2D eigenvalue weighted by atomic mass is 9.87. The second kappa shape index (κ2) is 10.2. The Morgan fingerprint density at radius 3 is 2.18 bits per heavy atom. The van der Waals surface area contributed by atoms with Gasteiger partial charge in [0.15, 0.2) is 0 Å². The van der Waals surface area contributed by atoms with Crippen molar-refractivity contribution in [2.45, 2.75) is 88.3 Å². The minimum atomic E-state index is -4.73. The number of rotatable bonds is 6. The summed E-state index contributed by atoms with van der Waals surface area (Å²) in [4.78, 5) is 18.2. The summed E-state index contributed by atoms with van der Waals surface area (Å²) in [6.07, 6.45) is -6.30. The van der Waals surface area contributed by atoms with E-state index in [1.54, 1.807) is 6.07 Å². The van der Waals surface area contributed by atoms with Gasteiger partial charge in [0.1, 0.15) is 11.3 Å². The van der Waals surface area contributed by atoms with Gasteiger partial charge >= 0.3 is 18.3 Å². The molecule has 3 aliphatic rings. The molecule has 1 aliphatic carbocycles. The molecule has 1 aromatic carbocycles. The number of hydrogen-bond donors (Lipinski definition) is 1. The lowest BCUT2D eigenvalue weighted by molar-refractivity contribution is -0.185. The first kappa shape index (κ1) is 27.0. The fourth-order valence-corrected chi connectivity index (χ4v) is 6.53. The highest BCUT2D eigenvalue weighted by Crippen LogP contribution is 2.44. The van der Waals surface area contributed by atoms with Crippen LogP contribution in [-0.2, 0) is 17.4 Å². The molecule has 2 aromatic rings. The number of carboxylic acids is 1. The van der Waals surface area contributed by atoms with Crippen molar-refractivity contribution in [3.63, 3.8) is 0 Å². The summed E-state index contributed by atoms with van der Waals surface area (Å²) in [6.45, 7) is 0.661. The average Bonchev–Trinajstić information content (AvgIpc) is 3.07. The van der Waals surface area contributed by atoms with E-state index in [-0.39, 0.29) is 60.3 Å². The number of carboxylic acid groups (broad SMARTS) is 1. The van der Waals surface area contributed by atoms with Crippen LogP contribution < -0.4 is 4.74 Å². The van der Waals surface area contributed by atoms with Crippen LogP contribution in [0, 0.1) is 11.8 Å². The first-order valence-corrected chi connectivity index (χ1v) is 13.1. The van der Waals surface area contributed by atoms with Gasteiger partial charge in [-0.3, -0.25) is 14.7 Å². The highest BCUT2D eigenvalue weighted by molar-refractivity contribution is 5.85. The van der Waals surface area contributed by atoms with Crippen molar-refractivity contribution < 1.29 is 41.0 Å². The predicted octanol–water partition coefficient (Wildman–Crippen LogP) is 6.62. The number of fused-ring (bicyclic) bond motifs is 3. The van der Waals surface area contributed by atoms with Crippen molar-refractivity contribution in [2.24, 2.45) is 11.8 Å². The van der Waals surface area contributed by atoms with Crippen LogP contribution >= 0.6 is 0 Å². The summed E-state index contributed by atoms with van der Waals surface area (Å²) in [6, 6.07) is 6.05. The van der Waals surface area contributed by atoms with Crippen LogP contribution in [0.3, 0.4) is 0 Å². The van der Waals surface area contributed by atoms with Crippen molar-refractivity contribution in [3.05, 3.63) is 35.5 Å². The topological polar surface area (TPSA) is 62.7 Å². The Morgan fingerprint density at radius 1 is 0.947 bits per heavy atom. The van der Waals surface area contributed by atoms with E-state index < -0.39 is 35.9 Å². The molecular formula is C27H30F6N2O3. The van der Waals surface area contributed by atoms with Crippen LogP contribution in [0.4, 0.5) is 26.3 Å². The van der Waals surface area contributed by atoms with E-state index in [9.17, 15) is 36.2 Å². The molecule has 2 bridgehead atoms. The molecule has 1 N–H and O–H groups in total. The van der Waals surface area contributed by atoms with E-state index in [0.29, 0.717) is 31.5 Å². The lowest BCUT2D eigenvalue weighted by Gasteiger charge is -2.37. The molecule has 0 amide bonds. The van der Waals surface area contributed by atoms with E-state index >= 15 is 0 Å². The second-order valence-electron chi connectivity index (χ2n) is 10.8. The zero-order chi connectivity index (χ0) is 27.2. The Morgan fingerprint density at radius 2 is 1.61 bits per heavy atom. The maximum atomic E-state index is 14.1. The highest BCUT2D eigenvalue weighted by atomic mass is 19.4. The normalized spacial score (nSPS) is 28.5. The first-order chi connectivity index (χ1) is 17.9. The number of carbonyl (C=O) groups is 1. The molecule has 3 fully saturated rings. The summed E-state index contributed by atoms with van der Waals surface area (Å²) in [5, 5.41) is 9.26. The van der Waals surface area contributed by atoms with Crippen molar-refractivity contribution in [1.82, 2.24) is 9.88 Å². The smallest absolute Gasteiger partial charge is 0.420 e. The standard InChI is InChI=1S/C27H30F6N2O3/c28-26(29,30)16-1-6-20(7-2-16)38-23-10-9-22-21(24(23)27(31,32)33)8-3-17(34-22)11-12-35-18-4-5-19(35)14-15(13-18)25(36)37/h3,8-10,15-16,18-20H,1-2,4-7,11-14H2,(H,36,37). The van der Waals surface area contributed by atoms with Gasteiger partial charge < -0.3 is 9.84 Å². The number of aliphatic carboxylic acids is 1. The number of alkyl halides is 6. The summed E-state index contributed by atoms with van der Waals surface area (Å²) in [7, 11) is 0. The molecule has 2 atom stereocenters. The fourth-order valence-electron chi connectivity index (χ4n) is 6.53. The van der Waals surface area contributed by atoms with E-state index in [4.69, 9.17) is 4.74 Å². The van der Waals surface area contributed by atoms with Gasteiger partial charge in [0.2, 0.25) is 0 Å². The van der Waals surface area contributed by atoms with Crippen LogP contribution in [0.2, 0.25) is 0 Å². The van der Waals surface area contributed by atoms with Crippen LogP contribution in [0.15, 0.2) is 24.3 Å². The SMILES string of the molecule is O=C(O)C1CC2CCC(C1)N2CCc1ccc2c(C(F)(F)F)c(OC3CCC(C(F)(F)F)CC3)ccc2n1. The number of ether oxygens (including phenoxy) is 1. The van der Waals surface area contributed by atoms with Gasteiger partial charge in [0.05, 0.1) is 23.5 Å². The van der Waals surface area contributed by atoms with Gasteiger partial charge in [-0.2, -0.15) is 26.3 Å². The van der Waals surface area contributed by atoms with Gasteiger partial charge in [-0.15, -0.1) is 0 Å². The van der Waals surface area contributed by atoms with E-state index in [1.165, 1.54) is 18.2 Å². The summed E-state index contributed by atoms with van der Waals surface area (Å²) < 4.78 is 86.8. The molecule has 208 valence electrons. The fraction of sp³-hybridized carbons (Fsp3) is 0.630. The number of hydrogen-bond acceptors (Lipinski definition) is 4. The molecule has 38 heavy (non-hydrogen) atoms. The van der Waals surface area contributed by atoms with Crippen molar-refractivity contribution >= 4 is 16.9 Å². The Hall–Kier alpha value is -2.56. The molecule has 1 saturated carbocycles. The quantitative estimate of drug-likeness (QED) is 0.414. The number of piperidine rings is 1. The van der Waals surface area contributed by atoms with E-state index in [2.05, 4.69) is 9.88 Å². The molecule has 2 saturated heterocycles. The minimum Gasteiger partial charge on any atom is -0.490 e. The van der Waals surface area contributed by atoms with Crippen molar-refractivity contribution in [2.75, 3.05) is 6.54 Å². The molecule has 0 spiro atoms. The van der Waals surface area contributed by atoms with E-state index in [0.717, 1.165) is 12.8 Å². The van der Waals surface area contributed by atoms with Gasteiger partial charge in [-0.05, 0) is 69.6 Å². The molecule has 1 aromatic heterocycles.